The molecule has 65 heavy (non-hydrogen) atoms. The van der Waals surface area contributed by atoms with Gasteiger partial charge in [-0.3, -0.25) is 0 Å². The zero-order valence-corrected chi connectivity index (χ0v) is 35.4. The van der Waals surface area contributed by atoms with Gasteiger partial charge in [0.2, 0.25) is 0 Å². The van der Waals surface area contributed by atoms with Crippen LogP contribution in [0.3, 0.4) is 0 Å². The van der Waals surface area contributed by atoms with Gasteiger partial charge >= 0.3 is 0 Å². The number of rotatable bonds is 7. The second-order valence-electron chi connectivity index (χ2n) is 16.9. The molecule has 0 saturated heterocycles. The van der Waals surface area contributed by atoms with E-state index in [1.54, 1.807) is 0 Å². The second kappa shape index (κ2) is 15.0. The molecule has 0 amide bonds. The molecule has 0 spiro atoms. The zero-order valence-electron chi connectivity index (χ0n) is 35.4. The normalized spacial score (nSPS) is 11.7. The molecule has 0 aliphatic heterocycles. The van der Waals surface area contributed by atoms with E-state index in [0.717, 1.165) is 61.3 Å². The predicted octanol–water partition coefficient (Wildman–Crippen LogP) is 17.5. The summed E-state index contributed by atoms with van der Waals surface area (Å²) in [5.74, 6) is 0. The van der Waals surface area contributed by atoms with Crippen LogP contribution >= 0.6 is 0 Å². The van der Waals surface area contributed by atoms with E-state index in [0.29, 0.717) is 0 Å². The highest BCUT2D eigenvalue weighted by molar-refractivity contribution is 6.11. The topological polar surface area (TPSA) is 21.3 Å². The molecule has 2 heterocycles. The molecular weight excluding hydrogens is 789 g/mol. The SMILES string of the molecule is c1cc(-c2ccc(-c3ccccc3-n3c4ccccc4c4ccccc43)cc2)cc(N(c2ccc(-c3cccc4c3oc3ccccc34)cc2)c2ccc3ccc4ccccc4c3c2)c1. The number of fused-ring (bicyclic) bond motifs is 9. The Kier molecular flexibility index (Phi) is 8.53. The fourth-order valence-electron chi connectivity index (χ4n) is 10.1. The monoisotopic (exact) mass is 828 g/mol. The summed E-state index contributed by atoms with van der Waals surface area (Å²) in [6.45, 7) is 0. The minimum Gasteiger partial charge on any atom is -0.455 e. The fourth-order valence-corrected chi connectivity index (χ4v) is 10.1. The third kappa shape index (κ3) is 6.12. The number of anilines is 3. The van der Waals surface area contributed by atoms with Crippen molar-refractivity contribution in [1.29, 1.82) is 0 Å². The van der Waals surface area contributed by atoms with Crippen molar-refractivity contribution in [3.05, 3.63) is 243 Å². The fraction of sp³-hybridized carbons (Fsp3) is 0. The van der Waals surface area contributed by atoms with Crippen LogP contribution in [0.1, 0.15) is 0 Å². The van der Waals surface area contributed by atoms with E-state index >= 15 is 0 Å². The number of hydrogen-bond donors (Lipinski definition) is 0. The Balaban J connectivity index is 0.906. The summed E-state index contributed by atoms with van der Waals surface area (Å²) in [6.07, 6.45) is 0. The van der Waals surface area contributed by atoms with Gasteiger partial charge in [0.1, 0.15) is 11.2 Å². The van der Waals surface area contributed by atoms with E-state index < -0.39 is 0 Å². The van der Waals surface area contributed by atoms with Crippen LogP contribution in [0, 0.1) is 0 Å². The lowest BCUT2D eigenvalue weighted by Gasteiger charge is -2.27. The average Bonchev–Trinajstić information content (AvgIpc) is 3.93. The van der Waals surface area contributed by atoms with Crippen molar-refractivity contribution in [1.82, 2.24) is 4.57 Å². The molecule has 0 bridgehead atoms. The van der Waals surface area contributed by atoms with Crippen molar-refractivity contribution in [3.8, 4) is 39.1 Å². The molecule has 11 aromatic carbocycles. The Labute approximate surface area is 376 Å². The van der Waals surface area contributed by atoms with Gasteiger partial charge in [-0.15, -0.1) is 0 Å². The van der Waals surface area contributed by atoms with E-state index in [2.05, 4.69) is 240 Å². The van der Waals surface area contributed by atoms with Gasteiger partial charge in [-0.2, -0.15) is 0 Å². The van der Waals surface area contributed by atoms with Crippen LogP contribution in [-0.2, 0) is 0 Å². The third-order valence-electron chi connectivity index (χ3n) is 13.2. The molecule has 304 valence electrons. The Morgan fingerprint density at radius 3 is 1.65 bits per heavy atom. The van der Waals surface area contributed by atoms with Gasteiger partial charge in [-0.05, 0) is 104 Å². The van der Waals surface area contributed by atoms with E-state index in [1.807, 2.05) is 12.1 Å². The maximum atomic E-state index is 6.46. The van der Waals surface area contributed by atoms with Crippen molar-refractivity contribution in [2.45, 2.75) is 0 Å². The van der Waals surface area contributed by atoms with Crippen molar-refractivity contribution < 1.29 is 4.42 Å². The summed E-state index contributed by atoms with van der Waals surface area (Å²) in [7, 11) is 0. The molecule has 0 radical (unpaired) electrons. The minimum atomic E-state index is 0.903. The Morgan fingerprint density at radius 1 is 0.308 bits per heavy atom. The van der Waals surface area contributed by atoms with Crippen LogP contribution in [-0.4, -0.2) is 4.57 Å². The van der Waals surface area contributed by atoms with E-state index in [9.17, 15) is 0 Å². The highest BCUT2D eigenvalue weighted by Gasteiger charge is 2.19. The molecule has 13 rings (SSSR count). The van der Waals surface area contributed by atoms with E-state index in [-0.39, 0.29) is 0 Å². The van der Waals surface area contributed by atoms with Gasteiger partial charge in [0.15, 0.2) is 0 Å². The molecule has 0 fully saturated rings. The highest BCUT2D eigenvalue weighted by atomic mass is 16.3. The van der Waals surface area contributed by atoms with Crippen LogP contribution in [0.15, 0.2) is 247 Å². The van der Waals surface area contributed by atoms with Crippen molar-refractivity contribution in [3.63, 3.8) is 0 Å². The summed E-state index contributed by atoms with van der Waals surface area (Å²) in [6, 6.07) is 87.7. The Morgan fingerprint density at radius 2 is 0.846 bits per heavy atom. The molecule has 13 aromatic rings. The standard InChI is InChI=1S/C62H40N2O/c1-2-16-50-42(13-1)31-32-45-35-38-49(40-57(45)50)63(47-36-33-44(34-37-47)52-21-12-22-56-55-20-6-10-26-61(55)65-62(52)56)48-15-11-14-46(39-48)41-27-29-43(30-28-41)51-17-3-7-23-58(51)64-59-24-8-4-18-53(59)54-19-5-9-25-60(54)64/h1-40H. The number of benzene rings is 11. The minimum absolute atomic E-state index is 0.903. The first kappa shape index (κ1) is 36.9. The first-order valence-electron chi connectivity index (χ1n) is 22.2. The maximum absolute atomic E-state index is 6.46. The van der Waals surface area contributed by atoms with Crippen LogP contribution in [0.4, 0.5) is 17.1 Å². The van der Waals surface area contributed by atoms with Crippen LogP contribution in [0.5, 0.6) is 0 Å². The molecule has 0 saturated carbocycles. The van der Waals surface area contributed by atoms with Gasteiger partial charge in [0.25, 0.3) is 0 Å². The largest absolute Gasteiger partial charge is 0.455 e. The molecule has 0 aliphatic carbocycles. The molecule has 3 heteroatoms. The van der Waals surface area contributed by atoms with E-state index in [4.69, 9.17) is 4.42 Å². The molecule has 0 atom stereocenters. The lowest BCUT2D eigenvalue weighted by Crippen LogP contribution is -2.10. The molecule has 0 aliphatic rings. The van der Waals surface area contributed by atoms with Crippen molar-refractivity contribution in [2.24, 2.45) is 0 Å². The summed E-state index contributed by atoms with van der Waals surface area (Å²) < 4.78 is 8.87. The summed E-state index contributed by atoms with van der Waals surface area (Å²) in [5.41, 5.74) is 15.5. The van der Waals surface area contributed by atoms with Crippen LogP contribution < -0.4 is 4.90 Å². The van der Waals surface area contributed by atoms with Gasteiger partial charge in [-0.1, -0.05) is 182 Å². The maximum Gasteiger partial charge on any atom is 0.143 e. The summed E-state index contributed by atoms with van der Waals surface area (Å²) in [4.78, 5) is 2.38. The molecular formula is C62H40N2O. The van der Waals surface area contributed by atoms with Crippen LogP contribution in [0.25, 0.3) is 104 Å². The number of furan rings is 1. The van der Waals surface area contributed by atoms with Gasteiger partial charge in [-0.25, -0.2) is 0 Å². The highest BCUT2D eigenvalue weighted by Crippen LogP contribution is 2.42. The number of nitrogens with zero attached hydrogens (tertiary/aromatic N) is 2. The third-order valence-corrected chi connectivity index (χ3v) is 13.2. The van der Waals surface area contributed by atoms with Crippen molar-refractivity contribution >= 4 is 82.4 Å². The quantitative estimate of drug-likeness (QED) is 0.149. The lowest BCUT2D eigenvalue weighted by molar-refractivity contribution is 0.670. The van der Waals surface area contributed by atoms with Gasteiger partial charge in [0.05, 0.1) is 16.7 Å². The molecule has 0 N–H and O–H groups in total. The predicted molar refractivity (Wildman–Crippen MR) is 274 cm³/mol. The zero-order chi connectivity index (χ0) is 42.8. The Hall–Kier alpha value is -8.66. The summed E-state index contributed by atoms with van der Waals surface area (Å²) in [5, 5.41) is 9.71. The number of para-hydroxylation sites is 5. The number of hydrogen-bond acceptors (Lipinski definition) is 2. The molecule has 0 unspecified atom stereocenters. The number of aromatic nitrogens is 1. The lowest BCUT2D eigenvalue weighted by atomic mass is 9.98. The average molecular weight is 829 g/mol. The Bertz CT molecular complexity index is 3900. The second-order valence-corrected chi connectivity index (χ2v) is 16.9. The van der Waals surface area contributed by atoms with Crippen LogP contribution in [0.2, 0.25) is 0 Å². The van der Waals surface area contributed by atoms with Crippen molar-refractivity contribution in [2.75, 3.05) is 4.90 Å². The summed E-state index contributed by atoms with van der Waals surface area (Å²) >= 11 is 0. The smallest absolute Gasteiger partial charge is 0.143 e. The van der Waals surface area contributed by atoms with Gasteiger partial charge in [0, 0.05) is 49.7 Å². The molecule has 3 nitrogen and oxygen atoms in total. The van der Waals surface area contributed by atoms with Gasteiger partial charge < -0.3 is 13.9 Å². The first-order chi connectivity index (χ1) is 32.2. The van der Waals surface area contributed by atoms with E-state index in [1.165, 1.54) is 60.2 Å². The first-order valence-corrected chi connectivity index (χ1v) is 22.2. The molecule has 2 aromatic heterocycles.